The van der Waals surface area contributed by atoms with Gasteiger partial charge in [-0.3, -0.25) is 0 Å². The predicted molar refractivity (Wildman–Crippen MR) is 80.9 cm³/mol. The minimum absolute atomic E-state index is 0.424. The molecule has 19 heavy (non-hydrogen) atoms. The molecule has 0 aliphatic carbocycles. The quantitative estimate of drug-likeness (QED) is 0.661. The Hall–Kier alpha value is -0.750. The van der Waals surface area contributed by atoms with Crippen molar-refractivity contribution in [3.63, 3.8) is 0 Å². The van der Waals surface area contributed by atoms with Crippen molar-refractivity contribution in [2.45, 2.75) is 13.0 Å². The van der Waals surface area contributed by atoms with Crippen molar-refractivity contribution in [3.8, 4) is 0 Å². The highest BCUT2D eigenvalue weighted by atomic mass is 35.5. The molecule has 106 valence electrons. The number of hydrazine groups is 1. The van der Waals surface area contributed by atoms with Crippen LogP contribution in [0.2, 0.25) is 10.0 Å². The topological polar surface area (TPSA) is 57.4 Å². The molecule has 1 aromatic rings. The first-order valence-corrected chi connectivity index (χ1v) is 6.93. The monoisotopic (exact) mass is 303 g/mol. The minimum Gasteiger partial charge on any atom is -0.353 e. The van der Waals surface area contributed by atoms with Crippen LogP contribution in [0.1, 0.15) is 6.92 Å². The summed E-state index contributed by atoms with van der Waals surface area (Å²) in [6, 6.07) is 2.16. The highest BCUT2D eigenvalue weighted by Crippen LogP contribution is 2.34. The maximum absolute atomic E-state index is 6.24. The summed E-state index contributed by atoms with van der Waals surface area (Å²) in [6.07, 6.45) is 0. The zero-order chi connectivity index (χ0) is 14.2. The van der Waals surface area contributed by atoms with Crippen molar-refractivity contribution >= 4 is 34.8 Å². The lowest BCUT2D eigenvalue weighted by molar-refractivity contribution is 0.266. The number of likely N-dealkylation sites (N-methyl/N-ethyl adjacent to an activating group) is 1. The number of pyridine rings is 1. The van der Waals surface area contributed by atoms with Crippen LogP contribution in [0.4, 0.5) is 11.6 Å². The number of nitrogen functional groups attached to an aromatic ring is 1. The second-order valence-corrected chi connectivity index (χ2v) is 6.00. The molecule has 5 nitrogen and oxygen atoms in total. The summed E-state index contributed by atoms with van der Waals surface area (Å²) in [5, 5.41) is 0.975. The van der Waals surface area contributed by atoms with Gasteiger partial charge in [0.2, 0.25) is 0 Å². The molecule has 1 aromatic heterocycles. The van der Waals surface area contributed by atoms with Crippen molar-refractivity contribution in [3.05, 3.63) is 16.1 Å². The van der Waals surface area contributed by atoms with Crippen molar-refractivity contribution in [2.24, 2.45) is 11.8 Å². The Kier molecular flexibility index (Phi) is 4.40. The normalized spacial score (nSPS) is 23.2. The van der Waals surface area contributed by atoms with Crippen LogP contribution in [0.3, 0.4) is 0 Å². The van der Waals surface area contributed by atoms with E-state index in [1.807, 2.05) is 0 Å². The Balaban J connectivity index is 2.28. The Morgan fingerprint density at radius 3 is 2.58 bits per heavy atom. The molecule has 2 rings (SSSR count). The van der Waals surface area contributed by atoms with Crippen LogP contribution in [0.15, 0.2) is 6.07 Å². The standard InChI is InChI=1S/C12H19Cl2N5/c1-7-5-19(6-10(7)18(2)3)12-9(14)4-8(13)11(16-12)17-15/h4,7,10H,5-6,15H2,1-3H3,(H,16,17). The molecule has 2 atom stereocenters. The maximum atomic E-state index is 6.24. The molecule has 7 heteroatoms. The molecule has 2 heterocycles. The van der Waals surface area contributed by atoms with E-state index in [0.717, 1.165) is 18.9 Å². The van der Waals surface area contributed by atoms with Crippen molar-refractivity contribution in [1.29, 1.82) is 0 Å². The van der Waals surface area contributed by atoms with Gasteiger partial charge in [-0.15, -0.1) is 0 Å². The second-order valence-electron chi connectivity index (χ2n) is 5.18. The third kappa shape index (κ3) is 2.89. The number of nitrogens with zero attached hydrogens (tertiary/aromatic N) is 3. The second kappa shape index (κ2) is 5.71. The number of hydrogen-bond acceptors (Lipinski definition) is 5. The summed E-state index contributed by atoms with van der Waals surface area (Å²) >= 11 is 12.2. The van der Waals surface area contributed by atoms with Gasteiger partial charge in [0.1, 0.15) is 5.82 Å². The number of nitrogens with one attached hydrogen (secondary N) is 1. The van der Waals surface area contributed by atoms with Crippen molar-refractivity contribution in [1.82, 2.24) is 9.88 Å². The lowest BCUT2D eigenvalue weighted by atomic mass is 10.1. The van der Waals surface area contributed by atoms with Gasteiger partial charge in [-0.1, -0.05) is 30.1 Å². The van der Waals surface area contributed by atoms with Crippen LogP contribution >= 0.6 is 23.2 Å². The molecule has 1 fully saturated rings. The fraction of sp³-hybridized carbons (Fsp3) is 0.583. The van der Waals surface area contributed by atoms with Gasteiger partial charge >= 0.3 is 0 Å². The maximum Gasteiger partial charge on any atom is 0.161 e. The Morgan fingerprint density at radius 2 is 2.05 bits per heavy atom. The first-order valence-electron chi connectivity index (χ1n) is 6.18. The first kappa shape index (κ1) is 14.7. The van der Waals surface area contributed by atoms with Crippen molar-refractivity contribution in [2.75, 3.05) is 37.5 Å². The molecular weight excluding hydrogens is 285 g/mol. The summed E-state index contributed by atoms with van der Waals surface area (Å²) < 4.78 is 0. The van der Waals surface area contributed by atoms with E-state index in [2.05, 4.69) is 41.2 Å². The number of aromatic nitrogens is 1. The summed E-state index contributed by atoms with van der Waals surface area (Å²) in [7, 11) is 4.18. The van der Waals surface area contributed by atoms with Crippen LogP contribution < -0.4 is 16.2 Å². The molecule has 0 amide bonds. The van der Waals surface area contributed by atoms with E-state index in [1.165, 1.54) is 0 Å². The van der Waals surface area contributed by atoms with E-state index in [0.29, 0.717) is 27.8 Å². The molecule has 0 spiro atoms. The molecule has 3 N–H and O–H groups in total. The average molecular weight is 304 g/mol. The van der Waals surface area contributed by atoms with E-state index >= 15 is 0 Å². The fourth-order valence-corrected chi connectivity index (χ4v) is 3.11. The van der Waals surface area contributed by atoms with Gasteiger partial charge in [-0.25, -0.2) is 10.8 Å². The highest BCUT2D eigenvalue weighted by molar-refractivity contribution is 6.37. The van der Waals surface area contributed by atoms with Gasteiger partial charge in [-0.05, 0) is 26.1 Å². The van der Waals surface area contributed by atoms with Crippen molar-refractivity contribution < 1.29 is 0 Å². The fourth-order valence-electron chi connectivity index (χ4n) is 2.57. The van der Waals surface area contributed by atoms with Gasteiger partial charge in [0, 0.05) is 19.1 Å². The molecule has 0 aromatic carbocycles. The van der Waals surface area contributed by atoms with E-state index < -0.39 is 0 Å². The van der Waals surface area contributed by atoms with Crippen LogP contribution in [0.25, 0.3) is 0 Å². The Labute approximate surface area is 123 Å². The SMILES string of the molecule is CC1CN(c2nc(NN)c(Cl)cc2Cl)CC1N(C)C. The minimum atomic E-state index is 0.424. The van der Waals surface area contributed by atoms with Gasteiger partial charge in [0.25, 0.3) is 0 Å². The summed E-state index contributed by atoms with van der Waals surface area (Å²) in [5.41, 5.74) is 2.49. The molecule has 1 aliphatic heterocycles. The molecular formula is C12H19Cl2N5. The van der Waals surface area contributed by atoms with E-state index in [4.69, 9.17) is 29.0 Å². The van der Waals surface area contributed by atoms with Gasteiger partial charge in [-0.2, -0.15) is 0 Å². The Bertz CT molecular complexity index is 466. The molecule has 0 saturated carbocycles. The lowest BCUT2D eigenvalue weighted by Crippen LogP contribution is -2.34. The summed E-state index contributed by atoms with van der Waals surface area (Å²) in [6.45, 7) is 4.05. The van der Waals surface area contributed by atoms with Crippen LogP contribution in [-0.2, 0) is 0 Å². The highest BCUT2D eigenvalue weighted by Gasteiger charge is 2.32. The van der Waals surface area contributed by atoms with E-state index in [1.54, 1.807) is 6.07 Å². The zero-order valence-corrected chi connectivity index (χ0v) is 12.8. The summed E-state index contributed by atoms with van der Waals surface area (Å²) in [4.78, 5) is 8.82. The largest absolute Gasteiger partial charge is 0.353 e. The smallest absolute Gasteiger partial charge is 0.161 e. The van der Waals surface area contributed by atoms with Crippen LogP contribution in [0, 0.1) is 5.92 Å². The molecule has 2 unspecified atom stereocenters. The summed E-state index contributed by atoms with van der Waals surface area (Å²) in [5.74, 6) is 7.14. The number of anilines is 2. The number of halogens is 2. The third-order valence-corrected chi connectivity index (χ3v) is 4.15. The van der Waals surface area contributed by atoms with E-state index in [9.17, 15) is 0 Å². The Morgan fingerprint density at radius 1 is 1.37 bits per heavy atom. The number of rotatable bonds is 3. The van der Waals surface area contributed by atoms with Gasteiger partial charge < -0.3 is 15.2 Å². The zero-order valence-electron chi connectivity index (χ0n) is 11.3. The number of nitrogens with two attached hydrogens (primary N) is 1. The molecule has 0 radical (unpaired) electrons. The van der Waals surface area contributed by atoms with Gasteiger partial charge in [0.15, 0.2) is 5.82 Å². The predicted octanol–water partition coefficient (Wildman–Crippen LogP) is 2.06. The van der Waals surface area contributed by atoms with Crippen LogP contribution in [0.5, 0.6) is 0 Å². The van der Waals surface area contributed by atoms with Gasteiger partial charge in [0.05, 0.1) is 10.0 Å². The molecule has 1 aliphatic rings. The van der Waals surface area contributed by atoms with E-state index in [-0.39, 0.29) is 0 Å². The molecule has 1 saturated heterocycles. The number of hydrogen-bond donors (Lipinski definition) is 2. The lowest BCUT2D eigenvalue weighted by Gasteiger charge is -2.23. The molecule has 0 bridgehead atoms. The average Bonchev–Trinajstić information content (AvgIpc) is 2.71. The first-order chi connectivity index (χ1) is 8.93. The third-order valence-electron chi connectivity index (χ3n) is 3.58. The van der Waals surface area contributed by atoms with Crippen LogP contribution in [-0.4, -0.2) is 43.1 Å².